The van der Waals surface area contributed by atoms with Gasteiger partial charge in [-0.3, -0.25) is 0 Å². The van der Waals surface area contributed by atoms with Gasteiger partial charge >= 0.3 is 0 Å². The zero-order valence-electron chi connectivity index (χ0n) is 11.9. The van der Waals surface area contributed by atoms with Crippen LogP contribution in [0.5, 0.6) is 0 Å². The minimum atomic E-state index is -0.267. The maximum atomic E-state index is 9.02. The lowest BCUT2D eigenvalue weighted by molar-refractivity contribution is 0.357. The molecule has 1 heterocycles. The zero-order valence-corrected chi connectivity index (χ0v) is 11.9. The van der Waals surface area contributed by atoms with Crippen molar-refractivity contribution in [2.45, 2.75) is 32.7 Å². The van der Waals surface area contributed by atoms with Gasteiger partial charge in [0.15, 0.2) is 0 Å². The number of rotatable bonds is 4. The van der Waals surface area contributed by atoms with E-state index in [9.17, 15) is 0 Å². The molecule has 2 rings (SSSR count). The first-order chi connectivity index (χ1) is 9.11. The van der Waals surface area contributed by atoms with E-state index in [1.807, 2.05) is 13.8 Å². The number of benzene rings is 1. The number of piperidine rings is 1. The van der Waals surface area contributed by atoms with E-state index in [1.165, 1.54) is 5.69 Å². The Morgan fingerprint density at radius 1 is 1.26 bits per heavy atom. The second-order valence-corrected chi connectivity index (χ2v) is 5.97. The third-order valence-corrected chi connectivity index (χ3v) is 3.75. The van der Waals surface area contributed by atoms with E-state index >= 15 is 0 Å². The monoisotopic (exact) mass is 257 g/mol. The van der Waals surface area contributed by atoms with Gasteiger partial charge in [-0.05, 0) is 38.8 Å². The molecule has 3 heteroatoms. The first-order valence-electron chi connectivity index (χ1n) is 7.05. The summed E-state index contributed by atoms with van der Waals surface area (Å²) >= 11 is 0. The van der Waals surface area contributed by atoms with Crippen LogP contribution >= 0.6 is 0 Å². The molecule has 0 aromatic heterocycles. The molecule has 1 fully saturated rings. The lowest BCUT2D eigenvalue weighted by Crippen LogP contribution is -2.45. The van der Waals surface area contributed by atoms with Crippen molar-refractivity contribution in [1.82, 2.24) is 5.32 Å². The van der Waals surface area contributed by atoms with Crippen molar-refractivity contribution in [3.8, 4) is 6.07 Å². The molecule has 1 N–H and O–H groups in total. The second kappa shape index (κ2) is 6.08. The van der Waals surface area contributed by atoms with Crippen molar-refractivity contribution in [2.24, 2.45) is 5.41 Å². The molecule has 0 spiro atoms. The van der Waals surface area contributed by atoms with E-state index in [0.717, 1.165) is 32.5 Å². The van der Waals surface area contributed by atoms with Gasteiger partial charge in [-0.25, -0.2) is 0 Å². The van der Waals surface area contributed by atoms with Gasteiger partial charge < -0.3 is 10.2 Å². The standard InChI is InChI=1S/C16H23N3/c1-16(2,12-17)13-18-14-8-10-19(11-9-14)15-6-4-3-5-7-15/h3-7,14,18H,8-11,13H2,1-2H3. The Labute approximate surface area is 116 Å². The van der Waals surface area contributed by atoms with Crippen LogP contribution < -0.4 is 10.2 Å². The van der Waals surface area contributed by atoms with Crippen LogP contribution in [0.2, 0.25) is 0 Å². The molecule has 19 heavy (non-hydrogen) atoms. The Morgan fingerprint density at radius 2 is 1.89 bits per heavy atom. The zero-order chi connectivity index (χ0) is 13.7. The van der Waals surface area contributed by atoms with Crippen LogP contribution in [-0.2, 0) is 0 Å². The SMILES string of the molecule is CC(C)(C#N)CNC1CCN(c2ccccc2)CC1. The summed E-state index contributed by atoms with van der Waals surface area (Å²) in [6.45, 7) is 6.93. The Morgan fingerprint density at radius 3 is 2.47 bits per heavy atom. The fraction of sp³-hybridized carbons (Fsp3) is 0.562. The molecule has 1 aliphatic heterocycles. The van der Waals surface area contributed by atoms with Gasteiger partial charge in [0.25, 0.3) is 0 Å². The van der Waals surface area contributed by atoms with E-state index in [0.29, 0.717) is 6.04 Å². The predicted octanol–water partition coefficient (Wildman–Crippen LogP) is 2.79. The molecule has 1 saturated heterocycles. The van der Waals surface area contributed by atoms with Crippen molar-refractivity contribution in [2.75, 3.05) is 24.5 Å². The molecule has 3 nitrogen and oxygen atoms in total. The fourth-order valence-corrected chi connectivity index (χ4v) is 2.42. The van der Waals surface area contributed by atoms with Gasteiger partial charge in [0.05, 0.1) is 11.5 Å². The highest BCUT2D eigenvalue weighted by Gasteiger charge is 2.22. The van der Waals surface area contributed by atoms with Crippen molar-refractivity contribution in [3.63, 3.8) is 0 Å². The van der Waals surface area contributed by atoms with Crippen LogP contribution in [0.1, 0.15) is 26.7 Å². The Kier molecular flexibility index (Phi) is 4.44. The second-order valence-electron chi connectivity index (χ2n) is 5.97. The van der Waals surface area contributed by atoms with Crippen LogP contribution in [-0.4, -0.2) is 25.7 Å². The number of hydrogen-bond acceptors (Lipinski definition) is 3. The quantitative estimate of drug-likeness (QED) is 0.901. The minimum Gasteiger partial charge on any atom is -0.371 e. The number of hydrogen-bond donors (Lipinski definition) is 1. The van der Waals surface area contributed by atoms with Gasteiger partial charge in [0, 0.05) is 31.4 Å². The van der Waals surface area contributed by atoms with E-state index < -0.39 is 0 Å². The summed E-state index contributed by atoms with van der Waals surface area (Å²) in [4.78, 5) is 2.44. The van der Waals surface area contributed by atoms with Gasteiger partial charge in [0.2, 0.25) is 0 Å². The molecule has 0 radical (unpaired) electrons. The van der Waals surface area contributed by atoms with Crippen molar-refractivity contribution in [3.05, 3.63) is 30.3 Å². The topological polar surface area (TPSA) is 39.1 Å². The number of anilines is 1. The fourth-order valence-electron chi connectivity index (χ4n) is 2.42. The molecular weight excluding hydrogens is 234 g/mol. The molecule has 1 aliphatic rings. The lowest BCUT2D eigenvalue weighted by Gasteiger charge is -2.35. The average molecular weight is 257 g/mol. The third kappa shape index (κ3) is 3.97. The predicted molar refractivity (Wildman–Crippen MR) is 79.1 cm³/mol. The maximum absolute atomic E-state index is 9.02. The first-order valence-corrected chi connectivity index (χ1v) is 7.05. The van der Waals surface area contributed by atoms with Crippen LogP contribution in [0.25, 0.3) is 0 Å². The van der Waals surface area contributed by atoms with E-state index in [-0.39, 0.29) is 5.41 Å². The first kappa shape index (κ1) is 13.9. The van der Waals surface area contributed by atoms with Crippen LogP contribution in [0.4, 0.5) is 5.69 Å². The molecule has 0 aliphatic carbocycles. The van der Waals surface area contributed by atoms with Crippen molar-refractivity contribution < 1.29 is 0 Å². The molecule has 0 saturated carbocycles. The molecular formula is C16H23N3. The van der Waals surface area contributed by atoms with Crippen LogP contribution in [0.3, 0.4) is 0 Å². The maximum Gasteiger partial charge on any atom is 0.0697 e. The molecule has 102 valence electrons. The number of nitriles is 1. The smallest absolute Gasteiger partial charge is 0.0697 e. The molecule has 0 atom stereocenters. The van der Waals surface area contributed by atoms with Gasteiger partial charge in [-0.15, -0.1) is 0 Å². The number of para-hydroxylation sites is 1. The number of nitrogens with one attached hydrogen (secondary N) is 1. The van der Waals surface area contributed by atoms with E-state index in [2.05, 4.69) is 46.6 Å². The summed E-state index contributed by atoms with van der Waals surface area (Å²) in [6.07, 6.45) is 2.30. The summed E-state index contributed by atoms with van der Waals surface area (Å²) < 4.78 is 0. The summed E-state index contributed by atoms with van der Waals surface area (Å²) in [5.41, 5.74) is 1.05. The largest absolute Gasteiger partial charge is 0.371 e. The van der Waals surface area contributed by atoms with Gasteiger partial charge in [-0.1, -0.05) is 18.2 Å². The number of nitrogens with zero attached hydrogens (tertiary/aromatic N) is 2. The minimum absolute atomic E-state index is 0.267. The molecule has 1 aromatic carbocycles. The normalized spacial score (nSPS) is 17.2. The third-order valence-electron chi connectivity index (χ3n) is 3.75. The highest BCUT2D eigenvalue weighted by molar-refractivity contribution is 5.46. The van der Waals surface area contributed by atoms with Gasteiger partial charge in [0.1, 0.15) is 0 Å². The Balaban J connectivity index is 1.79. The molecule has 1 aromatic rings. The summed E-state index contributed by atoms with van der Waals surface area (Å²) in [5, 5.41) is 12.6. The van der Waals surface area contributed by atoms with Crippen LogP contribution in [0, 0.1) is 16.7 Å². The van der Waals surface area contributed by atoms with E-state index in [4.69, 9.17) is 5.26 Å². The Hall–Kier alpha value is -1.53. The molecule has 0 unspecified atom stereocenters. The van der Waals surface area contributed by atoms with E-state index in [1.54, 1.807) is 0 Å². The highest BCUT2D eigenvalue weighted by Crippen LogP contribution is 2.20. The summed E-state index contributed by atoms with van der Waals surface area (Å²) in [7, 11) is 0. The molecule has 0 amide bonds. The van der Waals surface area contributed by atoms with Crippen LogP contribution in [0.15, 0.2) is 30.3 Å². The van der Waals surface area contributed by atoms with Gasteiger partial charge in [-0.2, -0.15) is 5.26 Å². The van der Waals surface area contributed by atoms with Crippen molar-refractivity contribution >= 4 is 5.69 Å². The highest BCUT2D eigenvalue weighted by atomic mass is 15.1. The Bertz CT molecular complexity index is 425. The summed E-state index contributed by atoms with van der Waals surface area (Å²) in [6, 6.07) is 13.5. The molecule has 0 bridgehead atoms. The lowest BCUT2D eigenvalue weighted by atomic mass is 9.94. The van der Waals surface area contributed by atoms with Crippen molar-refractivity contribution in [1.29, 1.82) is 5.26 Å². The average Bonchev–Trinajstić information content (AvgIpc) is 2.47. The summed E-state index contributed by atoms with van der Waals surface area (Å²) in [5.74, 6) is 0.